The van der Waals surface area contributed by atoms with Gasteiger partial charge in [-0.2, -0.15) is 0 Å². The summed E-state index contributed by atoms with van der Waals surface area (Å²) < 4.78 is 11.1. The predicted molar refractivity (Wildman–Crippen MR) is 122 cm³/mol. The quantitative estimate of drug-likeness (QED) is 0.315. The average Bonchev–Trinajstić information content (AvgIpc) is 3.42. The van der Waals surface area contributed by atoms with E-state index in [4.69, 9.17) is 37.3 Å². The molecule has 0 unspecified atom stereocenters. The molecular formula is C25H17Cl2NO3. The number of pyridine rings is 1. The van der Waals surface area contributed by atoms with Gasteiger partial charge >= 0.3 is 5.97 Å². The first-order valence-corrected chi connectivity index (χ1v) is 10.6. The van der Waals surface area contributed by atoms with E-state index >= 15 is 0 Å². The van der Waals surface area contributed by atoms with Gasteiger partial charge in [0.15, 0.2) is 0 Å². The Hall–Kier alpha value is -3.08. The molecule has 0 N–H and O–H groups in total. The molecule has 6 heteroatoms. The van der Waals surface area contributed by atoms with E-state index in [1.54, 1.807) is 24.5 Å². The molecule has 0 amide bonds. The predicted octanol–water partition coefficient (Wildman–Crippen LogP) is 6.98. The molecule has 0 spiro atoms. The molecule has 5 rings (SSSR count). The molecule has 0 fully saturated rings. The topological polar surface area (TPSA) is 52.3 Å². The Labute approximate surface area is 189 Å². The van der Waals surface area contributed by atoms with Crippen molar-refractivity contribution in [1.82, 2.24) is 4.98 Å². The number of benzene rings is 2. The third-order valence-corrected chi connectivity index (χ3v) is 5.97. The zero-order valence-electron chi connectivity index (χ0n) is 16.4. The SMILES string of the molecule is O=C(OCc1ccc(Cl)cc1Cl)c1c2c(nc3ccccc13)C(=Cc1ccco1)CC2. The Morgan fingerprint density at radius 1 is 1.10 bits per heavy atom. The van der Waals surface area contributed by atoms with Crippen molar-refractivity contribution in [3.8, 4) is 0 Å². The summed E-state index contributed by atoms with van der Waals surface area (Å²) >= 11 is 12.2. The maximum Gasteiger partial charge on any atom is 0.339 e. The van der Waals surface area contributed by atoms with Crippen molar-refractivity contribution in [3.05, 3.63) is 99.1 Å². The molecule has 0 atom stereocenters. The van der Waals surface area contributed by atoms with Crippen molar-refractivity contribution >= 4 is 51.7 Å². The Kier molecular flexibility index (Phi) is 5.26. The lowest BCUT2D eigenvalue weighted by molar-refractivity contribution is 0.0474. The highest BCUT2D eigenvalue weighted by Crippen LogP contribution is 2.38. The first-order valence-electron chi connectivity index (χ1n) is 9.87. The van der Waals surface area contributed by atoms with Crippen LogP contribution in [-0.2, 0) is 17.8 Å². The monoisotopic (exact) mass is 449 g/mol. The molecule has 1 aliphatic rings. The van der Waals surface area contributed by atoms with Crippen molar-refractivity contribution in [3.63, 3.8) is 0 Å². The number of aromatic nitrogens is 1. The Morgan fingerprint density at radius 3 is 2.77 bits per heavy atom. The number of fused-ring (bicyclic) bond motifs is 2. The van der Waals surface area contributed by atoms with Crippen molar-refractivity contribution in [2.75, 3.05) is 0 Å². The highest BCUT2D eigenvalue weighted by atomic mass is 35.5. The molecule has 31 heavy (non-hydrogen) atoms. The largest absolute Gasteiger partial charge is 0.465 e. The first kappa shape index (κ1) is 19.9. The number of carbonyl (C=O) groups is 1. The van der Waals surface area contributed by atoms with Crippen LogP contribution in [-0.4, -0.2) is 11.0 Å². The van der Waals surface area contributed by atoms with Crippen LogP contribution in [0.15, 0.2) is 65.3 Å². The van der Waals surface area contributed by atoms with Gasteiger partial charge in [0, 0.05) is 21.0 Å². The summed E-state index contributed by atoms with van der Waals surface area (Å²) in [6, 6.07) is 16.5. The smallest absolute Gasteiger partial charge is 0.339 e. The number of esters is 1. The van der Waals surface area contributed by atoms with Gasteiger partial charge in [-0.25, -0.2) is 9.78 Å². The van der Waals surface area contributed by atoms with Crippen LogP contribution < -0.4 is 0 Å². The van der Waals surface area contributed by atoms with Crippen LogP contribution in [0.3, 0.4) is 0 Å². The molecule has 0 radical (unpaired) electrons. The third-order valence-electron chi connectivity index (χ3n) is 5.38. The molecule has 0 saturated heterocycles. The van der Waals surface area contributed by atoms with Crippen LogP contribution in [0.1, 0.15) is 39.4 Å². The van der Waals surface area contributed by atoms with Crippen LogP contribution in [0.4, 0.5) is 0 Å². The molecule has 2 aromatic heterocycles. The fourth-order valence-corrected chi connectivity index (χ4v) is 4.37. The van der Waals surface area contributed by atoms with Gasteiger partial charge in [0.05, 0.1) is 23.0 Å². The number of rotatable bonds is 4. The third kappa shape index (κ3) is 3.85. The first-order chi connectivity index (χ1) is 15.1. The lowest BCUT2D eigenvalue weighted by Gasteiger charge is -2.13. The minimum atomic E-state index is -0.389. The second-order valence-corrected chi connectivity index (χ2v) is 8.17. The highest BCUT2D eigenvalue weighted by Gasteiger charge is 2.28. The van der Waals surface area contributed by atoms with Gasteiger partial charge in [0.1, 0.15) is 12.4 Å². The second-order valence-electron chi connectivity index (χ2n) is 7.33. The van der Waals surface area contributed by atoms with Crippen molar-refractivity contribution in [1.29, 1.82) is 0 Å². The van der Waals surface area contributed by atoms with E-state index in [-0.39, 0.29) is 12.6 Å². The molecular weight excluding hydrogens is 433 g/mol. The molecule has 2 aromatic carbocycles. The second kappa shape index (κ2) is 8.22. The molecule has 154 valence electrons. The van der Waals surface area contributed by atoms with Gasteiger partial charge < -0.3 is 9.15 Å². The fraction of sp³-hybridized carbons (Fsp3) is 0.120. The summed E-state index contributed by atoms with van der Waals surface area (Å²) in [6.45, 7) is 0.0648. The number of hydrogen-bond acceptors (Lipinski definition) is 4. The standard InChI is InChI=1S/C25H17Cl2NO3/c26-17-9-7-16(21(27)13-17)14-31-25(29)23-19-5-1-2-6-22(19)28-24-15(8-10-20(23)24)12-18-4-3-11-30-18/h1-7,9,11-13H,8,10,14H2. The van der Waals surface area contributed by atoms with E-state index in [2.05, 4.69) is 0 Å². The van der Waals surface area contributed by atoms with Gasteiger partial charge in [0.25, 0.3) is 0 Å². The Bertz CT molecular complexity index is 1330. The normalized spacial score (nSPS) is 14.2. The number of halogens is 2. The van der Waals surface area contributed by atoms with Crippen molar-refractivity contribution in [2.45, 2.75) is 19.4 Å². The van der Waals surface area contributed by atoms with Gasteiger partial charge in [0.2, 0.25) is 0 Å². The summed E-state index contributed by atoms with van der Waals surface area (Å²) in [6.07, 6.45) is 5.12. The Morgan fingerprint density at radius 2 is 1.97 bits per heavy atom. The summed E-state index contributed by atoms with van der Waals surface area (Å²) in [5, 5.41) is 1.79. The maximum absolute atomic E-state index is 13.2. The lowest BCUT2D eigenvalue weighted by Crippen LogP contribution is -2.10. The minimum absolute atomic E-state index is 0.0648. The van der Waals surface area contributed by atoms with Crippen molar-refractivity contribution < 1.29 is 13.9 Å². The number of hydrogen-bond donors (Lipinski definition) is 0. The zero-order chi connectivity index (χ0) is 21.4. The van der Waals surface area contributed by atoms with E-state index in [1.165, 1.54) is 0 Å². The summed E-state index contributed by atoms with van der Waals surface area (Å²) in [4.78, 5) is 18.1. The Balaban J connectivity index is 1.54. The molecule has 2 heterocycles. The molecule has 4 nitrogen and oxygen atoms in total. The minimum Gasteiger partial charge on any atom is -0.465 e. The van der Waals surface area contributed by atoms with Gasteiger partial charge in [-0.15, -0.1) is 0 Å². The molecule has 4 aromatic rings. The average molecular weight is 450 g/mol. The lowest BCUT2D eigenvalue weighted by atomic mass is 10.0. The molecule has 1 aliphatic carbocycles. The molecule has 0 bridgehead atoms. The van der Waals surface area contributed by atoms with E-state index in [1.807, 2.05) is 42.5 Å². The van der Waals surface area contributed by atoms with E-state index in [0.717, 1.165) is 39.9 Å². The number of allylic oxidation sites excluding steroid dienone is 1. The number of furan rings is 1. The van der Waals surface area contributed by atoms with Crippen LogP contribution in [0.5, 0.6) is 0 Å². The number of carbonyl (C=O) groups excluding carboxylic acids is 1. The summed E-state index contributed by atoms with van der Waals surface area (Å²) in [5.74, 6) is 0.374. The van der Waals surface area contributed by atoms with E-state index in [9.17, 15) is 4.79 Å². The van der Waals surface area contributed by atoms with Crippen LogP contribution in [0, 0.1) is 0 Å². The zero-order valence-corrected chi connectivity index (χ0v) is 17.9. The van der Waals surface area contributed by atoms with Crippen LogP contribution in [0.25, 0.3) is 22.6 Å². The highest BCUT2D eigenvalue weighted by molar-refractivity contribution is 6.35. The molecule has 0 saturated carbocycles. The maximum atomic E-state index is 13.2. The molecule has 0 aliphatic heterocycles. The van der Waals surface area contributed by atoms with Crippen LogP contribution in [0.2, 0.25) is 10.0 Å². The van der Waals surface area contributed by atoms with Gasteiger partial charge in [-0.05, 0) is 60.4 Å². The number of nitrogens with zero attached hydrogens (tertiary/aromatic N) is 1. The number of ether oxygens (including phenoxy) is 1. The summed E-state index contributed by atoms with van der Waals surface area (Å²) in [7, 11) is 0. The summed E-state index contributed by atoms with van der Waals surface area (Å²) in [5.41, 5.74) is 4.80. The fourth-order valence-electron chi connectivity index (χ4n) is 3.91. The van der Waals surface area contributed by atoms with E-state index < -0.39 is 0 Å². The number of para-hydroxylation sites is 1. The van der Waals surface area contributed by atoms with Gasteiger partial charge in [-0.3, -0.25) is 0 Å². The van der Waals surface area contributed by atoms with Crippen molar-refractivity contribution in [2.24, 2.45) is 0 Å². The van der Waals surface area contributed by atoms with E-state index in [0.29, 0.717) is 27.6 Å². The van der Waals surface area contributed by atoms with Crippen LogP contribution >= 0.6 is 23.2 Å². The van der Waals surface area contributed by atoms with Gasteiger partial charge in [-0.1, -0.05) is 47.5 Å².